The lowest BCUT2D eigenvalue weighted by Crippen LogP contribution is -2.20. The molecule has 0 N–H and O–H groups in total. The monoisotopic (exact) mass is 364 g/mol. The minimum absolute atomic E-state index is 0.0402. The summed E-state index contributed by atoms with van der Waals surface area (Å²) >= 11 is 0. The summed E-state index contributed by atoms with van der Waals surface area (Å²) < 4.78 is 5.57. The Labute approximate surface area is 163 Å². The predicted octanol–water partition coefficient (Wildman–Crippen LogP) is 7.90. The second-order valence-electron chi connectivity index (χ2n) is 8.08. The van der Waals surface area contributed by atoms with Crippen LogP contribution in [0.1, 0.15) is 129 Å². The number of rotatable bonds is 16. The lowest BCUT2D eigenvalue weighted by Gasteiger charge is -2.21. The molecule has 152 valence electrons. The van der Waals surface area contributed by atoms with Gasteiger partial charge in [-0.15, -0.1) is 0 Å². The van der Waals surface area contributed by atoms with Crippen LogP contribution in [-0.4, -0.2) is 12.1 Å². The summed E-state index contributed by atoms with van der Waals surface area (Å²) in [7, 11) is 0. The van der Waals surface area contributed by atoms with E-state index in [0.717, 1.165) is 19.3 Å². The van der Waals surface area contributed by atoms with E-state index in [1.807, 2.05) is 0 Å². The molecule has 0 heterocycles. The van der Waals surface area contributed by atoms with Crippen molar-refractivity contribution in [2.24, 2.45) is 0 Å². The number of unbranched alkanes of at least 4 members (excludes halogenated alkanes) is 11. The highest BCUT2D eigenvalue weighted by atomic mass is 16.5. The molecule has 0 saturated heterocycles. The first-order valence-corrected chi connectivity index (χ1v) is 11.7. The molecular weight excluding hydrogens is 320 g/mol. The molecule has 0 bridgehead atoms. The molecule has 0 aromatic rings. The Bertz CT molecular complexity index is 342. The Morgan fingerprint density at radius 1 is 0.769 bits per heavy atom. The number of hydrogen-bond acceptors (Lipinski definition) is 2. The van der Waals surface area contributed by atoms with Gasteiger partial charge in [0.25, 0.3) is 0 Å². The number of carbonyl (C=O) groups excluding carboxylic acids is 1. The molecule has 2 heteroatoms. The number of ether oxygens (including phenoxy) is 1. The molecule has 1 saturated carbocycles. The van der Waals surface area contributed by atoms with Crippen molar-refractivity contribution in [2.45, 2.75) is 135 Å². The molecule has 26 heavy (non-hydrogen) atoms. The Morgan fingerprint density at radius 2 is 1.31 bits per heavy atom. The highest BCUT2D eigenvalue weighted by Crippen LogP contribution is 2.21. The van der Waals surface area contributed by atoms with Crippen LogP contribution in [-0.2, 0) is 9.53 Å². The molecule has 1 fully saturated rings. The third-order valence-electron chi connectivity index (χ3n) is 5.49. The van der Waals surface area contributed by atoms with E-state index in [1.165, 1.54) is 96.3 Å². The van der Waals surface area contributed by atoms with Gasteiger partial charge in [0.2, 0.25) is 0 Å². The van der Waals surface area contributed by atoms with Crippen LogP contribution in [0.25, 0.3) is 0 Å². The Hall–Kier alpha value is -0.790. The van der Waals surface area contributed by atoms with Crippen molar-refractivity contribution in [1.82, 2.24) is 0 Å². The van der Waals surface area contributed by atoms with Gasteiger partial charge in [0.1, 0.15) is 6.10 Å². The zero-order chi connectivity index (χ0) is 18.7. The van der Waals surface area contributed by atoms with Gasteiger partial charge in [0, 0.05) is 6.42 Å². The van der Waals surface area contributed by atoms with Gasteiger partial charge in [0.15, 0.2) is 0 Å². The first-order valence-electron chi connectivity index (χ1n) is 11.7. The molecule has 1 aliphatic carbocycles. The Balaban J connectivity index is 1.77. The van der Waals surface area contributed by atoms with Gasteiger partial charge < -0.3 is 4.74 Å². The van der Waals surface area contributed by atoms with Crippen molar-refractivity contribution in [3.63, 3.8) is 0 Å². The van der Waals surface area contributed by atoms with Gasteiger partial charge in [0.05, 0.1) is 0 Å². The summed E-state index contributed by atoms with van der Waals surface area (Å²) in [5.41, 5.74) is 0. The van der Waals surface area contributed by atoms with E-state index in [-0.39, 0.29) is 12.1 Å². The van der Waals surface area contributed by atoms with Crippen LogP contribution in [0.4, 0.5) is 0 Å². The summed E-state index contributed by atoms with van der Waals surface area (Å²) in [4.78, 5) is 11.8. The Morgan fingerprint density at radius 3 is 1.92 bits per heavy atom. The maximum Gasteiger partial charge on any atom is 0.306 e. The maximum atomic E-state index is 11.8. The van der Waals surface area contributed by atoms with E-state index in [0.29, 0.717) is 6.42 Å². The van der Waals surface area contributed by atoms with Crippen LogP contribution >= 0.6 is 0 Å². The summed E-state index contributed by atoms with van der Waals surface area (Å²) in [6, 6.07) is 0. The maximum absolute atomic E-state index is 11.8. The van der Waals surface area contributed by atoms with Crippen LogP contribution in [0.15, 0.2) is 12.2 Å². The largest absolute Gasteiger partial charge is 0.462 e. The van der Waals surface area contributed by atoms with E-state index >= 15 is 0 Å². The molecule has 1 aliphatic rings. The normalized spacial score (nSPS) is 15.6. The van der Waals surface area contributed by atoms with Crippen LogP contribution < -0.4 is 0 Å². The fourth-order valence-corrected chi connectivity index (χ4v) is 3.77. The molecule has 2 nitrogen and oxygen atoms in total. The molecule has 0 unspecified atom stereocenters. The molecule has 0 amide bonds. The summed E-state index contributed by atoms with van der Waals surface area (Å²) in [6.07, 6.45) is 28.3. The topological polar surface area (TPSA) is 26.3 Å². The van der Waals surface area contributed by atoms with Crippen molar-refractivity contribution in [3.05, 3.63) is 12.2 Å². The van der Waals surface area contributed by atoms with E-state index in [9.17, 15) is 4.79 Å². The third kappa shape index (κ3) is 14.4. The van der Waals surface area contributed by atoms with E-state index in [2.05, 4.69) is 19.1 Å². The van der Waals surface area contributed by atoms with Gasteiger partial charge in [-0.25, -0.2) is 0 Å². The standard InChI is InChI=1S/C24H44O2/c1-2-3-4-5-6-7-8-9-10-11-12-13-14-15-19-22-24(25)26-23-20-17-16-18-21-23/h7-8,23H,2-6,9-22H2,1H3. The highest BCUT2D eigenvalue weighted by molar-refractivity contribution is 5.69. The second-order valence-corrected chi connectivity index (χ2v) is 8.08. The number of carbonyl (C=O) groups is 1. The first kappa shape index (κ1) is 23.2. The second kappa shape index (κ2) is 17.6. The van der Waals surface area contributed by atoms with Crippen LogP contribution in [0, 0.1) is 0 Å². The van der Waals surface area contributed by atoms with E-state index in [1.54, 1.807) is 0 Å². The molecule has 1 rings (SSSR count). The quantitative estimate of drug-likeness (QED) is 0.158. The molecule has 0 aromatic carbocycles. The van der Waals surface area contributed by atoms with Crippen molar-refractivity contribution in [2.75, 3.05) is 0 Å². The average molecular weight is 365 g/mol. The highest BCUT2D eigenvalue weighted by Gasteiger charge is 2.17. The zero-order valence-electron chi connectivity index (χ0n) is 17.5. The number of hydrogen-bond donors (Lipinski definition) is 0. The SMILES string of the molecule is CCCCCCC=CCCCCCCCCCC(=O)OC1CCCCC1. The molecule has 0 aliphatic heterocycles. The van der Waals surface area contributed by atoms with Gasteiger partial charge in [-0.1, -0.05) is 76.9 Å². The summed E-state index contributed by atoms with van der Waals surface area (Å²) in [5, 5.41) is 0. The van der Waals surface area contributed by atoms with Crippen molar-refractivity contribution < 1.29 is 9.53 Å². The molecule has 0 spiro atoms. The minimum Gasteiger partial charge on any atom is -0.462 e. The predicted molar refractivity (Wildman–Crippen MR) is 112 cm³/mol. The molecule has 0 atom stereocenters. The zero-order valence-corrected chi connectivity index (χ0v) is 17.5. The fraction of sp³-hybridized carbons (Fsp3) is 0.875. The van der Waals surface area contributed by atoms with Gasteiger partial charge >= 0.3 is 5.97 Å². The van der Waals surface area contributed by atoms with Crippen LogP contribution in [0.5, 0.6) is 0 Å². The molecule has 0 aromatic heterocycles. The third-order valence-corrected chi connectivity index (χ3v) is 5.49. The van der Waals surface area contributed by atoms with Crippen molar-refractivity contribution >= 4 is 5.97 Å². The lowest BCUT2D eigenvalue weighted by atomic mass is 9.98. The summed E-state index contributed by atoms with van der Waals surface area (Å²) in [5.74, 6) is 0.0402. The van der Waals surface area contributed by atoms with Crippen molar-refractivity contribution in [1.29, 1.82) is 0 Å². The van der Waals surface area contributed by atoms with Gasteiger partial charge in [-0.05, 0) is 57.8 Å². The Kier molecular flexibility index (Phi) is 15.8. The van der Waals surface area contributed by atoms with E-state index < -0.39 is 0 Å². The lowest BCUT2D eigenvalue weighted by molar-refractivity contribution is -0.150. The van der Waals surface area contributed by atoms with Gasteiger partial charge in [-0.3, -0.25) is 4.79 Å². The number of allylic oxidation sites excluding steroid dienone is 2. The first-order chi connectivity index (χ1) is 12.8. The van der Waals surface area contributed by atoms with Gasteiger partial charge in [-0.2, -0.15) is 0 Å². The smallest absolute Gasteiger partial charge is 0.306 e. The number of esters is 1. The molecular formula is C24H44O2. The van der Waals surface area contributed by atoms with Crippen molar-refractivity contribution in [3.8, 4) is 0 Å². The van der Waals surface area contributed by atoms with Crippen LogP contribution in [0.3, 0.4) is 0 Å². The van der Waals surface area contributed by atoms with Crippen LogP contribution in [0.2, 0.25) is 0 Å². The van der Waals surface area contributed by atoms with E-state index in [4.69, 9.17) is 4.74 Å². The summed E-state index contributed by atoms with van der Waals surface area (Å²) in [6.45, 7) is 2.27. The molecule has 0 radical (unpaired) electrons. The average Bonchev–Trinajstić information content (AvgIpc) is 2.65. The fourth-order valence-electron chi connectivity index (χ4n) is 3.77. The minimum atomic E-state index is 0.0402.